The third-order valence-electron chi connectivity index (χ3n) is 3.34. The van der Waals surface area contributed by atoms with Gasteiger partial charge in [0.25, 0.3) is 0 Å². The molecule has 0 spiro atoms. The van der Waals surface area contributed by atoms with Gasteiger partial charge in [-0.05, 0) is 32.0 Å². The van der Waals surface area contributed by atoms with Gasteiger partial charge in [0, 0.05) is 18.7 Å². The average Bonchev–Trinajstić information content (AvgIpc) is 2.43. The lowest BCUT2D eigenvalue weighted by Gasteiger charge is -2.30. The summed E-state index contributed by atoms with van der Waals surface area (Å²) in [5.41, 5.74) is 0.484. The molecule has 0 amide bonds. The summed E-state index contributed by atoms with van der Waals surface area (Å²) in [5.74, 6) is 1.04. The van der Waals surface area contributed by atoms with Crippen LogP contribution >= 0.6 is 11.6 Å². The molecule has 0 bridgehead atoms. The summed E-state index contributed by atoms with van der Waals surface area (Å²) in [4.78, 5) is 13.1. The van der Waals surface area contributed by atoms with Gasteiger partial charge in [-0.1, -0.05) is 11.6 Å². The molecule has 2 rings (SSSR count). The highest BCUT2D eigenvalue weighted by Crippen LogP contribution is 2.37. The molecule has 0 unspecified atom stereocenters. The van der Waals surface area contributed by atoms with E-state index >= 15 is 0 Å². The van der Waals surface area contributed by atoms with Gasteiger partial charge in [0.2, 0.25) is 0 Å². The highest BCUT2D eigenvalue weighted by Gasteiger charge is 2.21. The topological polar surface area (TPSA) is 38.8 Å². The molecule has 1 saturated heterocycles. The predicted molar refractivity (Wildman–Crippen MR) is 74.5 cm³/mol. The Morgan fingerprint density at radius 1 is 1.37 bits per heavy atom. The van der Waals surface area contributed by atoms with Crippen molar-refractivity contribution in [1.82, 2.24) is 4.90 Å². The molecule has 4 nitrogen and oxygen atoms in total. The molecule has 1 aromatic carbocycles. The maximum absolute atomic E-state index is 10.8. The van der Waals surface area contributed by atoms with Crippen molar-refractivity contribution in [2.75, 3.05) is 27.2 Å². The van der Waals surface area contributed by atoms with Gasteiger partial charge in [-0.3, -0.25) is 4.79 Å². The van der Waals surface area contributed by atoms with Gasteiger partial charge >= 0.3 is 0 Å². The maximum Gasteiger partial charge on any atom is 0.180 e. The number of carbonyl (C=O) groups is 1. The van der Waals surface area contributed by atoms with Gasteiger partial charge in [-0.15, -0.1) is 0 Å². The Balaban J connectivity index is 2.17. The van der Waals surface area contributed by atoms with Crippen molar-refractivity contribution in [3.05, 3.63) is 22.7 Å². The molecule has 1 aliphatic heterocycles. The van der Waals surface area contributed by atoms with Crippen LogP contribution < -0.4 is 9.47 Å². The number of methoxy groups -OCH3 is 1. The normalized spacial score (nSPS) is 17.2. The molecule has 0 radical (unpaired) electrons. The minimum absolute atomic E-state index is 0.143. The van der Waals surface area contributed by atoms with Crippen LogP contribution in [0, 0.1) is 0 Å². The number of piperidine rings is 1. The number of nitrogens with zero attached hydrogens (tertiary/aromatic N) is 1. The van der Waals surface area contributed by atoms with Gasteiger partial charge in [0.15, 0.2) is 11.5 Å². The van der Waals surface area contributed by atoms with Gasteiger partial charge in [-0.2, -0.15) is 0 Å². The van der Waals surface area contributed by atoms with Crippen molar-refractivity contribution in [2.45, 2.75) is 18.9 Å². The zero-order chi connectivity index (χ0) is 13.8. The van der Waals surface area contributed by atoms with E-state index in [0.717, 1.165) is 32.2 Å². The second kappa shape index (κ2) is 6.26. The van der Waals surface area contributed by atoms with E-state index in [0.29, 0.717) is 22.1 Å². The van der Waals surface area contributed by atoms with E-state index in [9.17, 15) is 4.79 Å². The van der Waals surface area contributed by atoms with Gasteiger partial charge in [0.05, 0.1) is 12.1 Å². The van der Waals surface area contributed by atoms with E-state index < -0.39 is 0 Å². The molecule has 0 aliphatic carbocycles. The largest absolute Gasteiger partial charge is 0.493 e. The van der Waals surface area contributed by atoms with Crippen LogP contribution in [0.15, 0.2) is 12.1 Å². The first-order valence-corrected chi connectivity index (χ1v) is 6.69. The van der Waals surface area contributed by atoms with Crippen molar-refractivity contribution in [3.8, 4) is 11.5 Å². The highest BCUT2D eigenvalue weighted by atomic mass is 35.5. The first-order valence-electron chi connectivity index (χ1n) is 6.32. The first kappa shape index (κ1) is 14.2. The third-order valence-corrected chi connectivity index (χ3v) is 3.62. The molecule has 0 aromatic heterocycles. The van der Waals surface area contributed by atoms with Crippen LogP contribution in [-0.2, 0) is 0 Å². The van der Waals surface area contributed by atoms with Crippen molar-refractivity contribution in [2.24, 2.45) is 0 Å². The van der Waals surface area contributed by atoms with Crippen molar-refractivity contribution in [1.29, 1.82) is 0 Å². The van der Waals surface area contributed by atoms with Crippen LogP contribution in [0.3, 0.4) is 0 Å². The van der Waals surface area contributed by atoms with Crippen LogP contribution in [-0.4, -0.2) is 44.5 Å². The fraction of sp³-hybridized carbons (Fsp3) is 0.500. The summed E-state index contributed by atoms with van der Waals surface area (Å²) in [5, 5.41) is 0.417. The predicted octanol–water partition coefficient (Wildman–Crippen LogP) is 2.63. The first-order chi connectivity index (χ1) is 9.13. The molecule has 0 N–H and O–H groups in total. The molecular formula is C14H18ClNO3. The standard InChI is InChI=1S/C14H18ClNO3/c1-16-5-3-11(4-6-16)19-14-12(15)7-10(9-17)8-13(14)18-2/h7-9,11H,3-6H2,1-2H3. The summed E-state index contributed by atoms with van der Waals surface area (Å²) in [6, 6.07) is 3.24. The molecule has 1 heterocycles. The Bertz CT molecular complexity index is 456. The van der Waals surface area contributed by atoms with E-state index in [2.05, 4.69) is 11.9 Å². The molecule has 0 saturated carbocycles. The molecular weight excluding hydrogens is 266 g/mol. The Morgan fingerprint density at radius 3 is 2.63 bits per heavy atom. The minimum atomic E-state index is 0.143. The quantitative estimate of drug-likeness (QED) is 0.797. The Morgan fingerprint density at radius 2 is 2.05 bits per heavy atom. The molecule has 19 heavy (non-hydrogen) atoms. The zero-order valence-corrected chi connectivity index (χ0v) is 11.9. The number of likely N-dealkylation sites (tertiary alicyclic amines) is 1. The number of carbonyl (C=O) groups excluding carboxylic acids is 1. The number of hydrogen-bond donors (Lipinski definition) is 0. The molecule has 104 valence electrons. The van der Waals surface area contributed by atoms with Crippen molar-refractivity contribution >= 4 is 17.9 Å². The average molecular weight is 284 g/mol. The smallest absolute Gasteiger partial charge is 0.180 e. The molecule has 5 heteroatoms. The lowest BCUT2D eigenvalue weighted by atomic mass is 10.1. The Labute approximate surface area is 118 Å². The third kappa shape index (κ3) is 3.39. The number of halogens is 1. The second-order valence-corrected chi connectivity index (χ2v) is 5.18. The van der Waals surface area contributed by atoms with E-state index in [-0.39, 0.29) is 6.10 Å². The van der Waals surface area contributed by atoms with Crippen LogP contribution in [0.1, 0.15) is 23.2 Å². The second-order valence-electron chi connectivity index (χ2n) is 4.77. The highest BCUT2D eigenvalue weighted by molar-refractivity contribution is 6.32. The SMILES string of the molecule is COc1cc(C=O)cc(Cl)c1OC1CCN(C)CC1. The molecule has 1 aliphatic rings. The van der Waals surface area contributed by atoms with Gasteiger partial charge in [0.1, 0.15) is 12.4 Å². The van der Waals surface area contributed by atoms with Crippen LogP contribution in [0.5, 0.6) is 11.5 Å². The number of ether oxygens (including phenoxy) is 2. The number of aldehydes is 1. The van der Waals surface area contributed by atoms with Crippen LogP contribution in [0.2, 0.25) is 5.02 Å². The Kier molecular flexibility index (Phi) is 4.66. The summed E-state index contributed by atoms with van der Waals surface area (Å²) in [6.07, 6.45) is 2.81. The minimum Gasteiger partial charge on any atom is -0.493 e. The number of rotatable bonds is 4. The molecule has 1 fully saturated rings. The molecule has 1 aromatic rings. The fourth-order valence-electron chi connectivity index (χ4n) is 2.19. The summed E-state index contributed by atoms with van der Waals surface area (Å²) in [6.45, 7) is 2.02. The molecule has 0 atom stereocenters. The number of hydrogen-bond acceptors (Lipinski definition) is 4. The maximum atomic E-state index is 10.8. The van der Waals surface area contributed by atoms with E-state index in [1.807, 2.05) is 0 Å². The fourth-order valence-corrected chi connectivity index (χ4v) is 2.46. The van der Waals surface area contributed by atoms with Gasteiger partial charge in [-0.25, -0.2) is 0 Å². The van der Waals surface area contributed by atoms with Crippen molar-refractivity contribution in [3.63, 3.8) is 0 Å². The van der Waals surface area contributed by atoms with Crippen LogP contribution in [0.4, 0.5) is 0 Å². The van der Waals surface area contributed by atoms with Gasteiger partial charge < -0.3 is 14.4 Å². The summed E-state index contributed by atoms with van der Waals surface area (Å²) in [7, 11) is 3.64. The van der Waals surface area contributed by atoms with E-state index in [1.165, 1.54) is 0 Å². The summed E-state index contributed by atoms with van der Waals surface area (Å²) >= 11 is 6.17. The van der Waals surface area contributed by atoms with E-state index in [4.69, 9.17) is 21.1 Å². The zero-order valence-electron chi connectivity index (χ0n) is 11.2. The monoisotopic (exact) mass is 283 g/mol. The number of benzene rings is 1. The lowest BCUT2D eigenvalue weighted by molar-refractivity contribution is 0.110. The lowest BCUT2D eigenvalue weighted by Crippen LogP contribution is -2.35. The summed E-state index contributed by atoms with van der Waals surface area (Å²) < 4.78 is 11.2. The van der Waals surface area contributed by atoms with E-state index in [1.54, 1.807) is 19.2 Å². The Hall–Kier alpha value is -1.26. The van der Waals surface area contributed by atoms with Crippen LogP contribution in [0.25, 0.3) is 0 Å². The van der Waals surface area contributed by atoms with Crippen molar-refractivity contribution < 1.29 is 14.3 Å².